The van der Waals surface area contributed by atoms with Gasteiger partial charge in [0.15, 0.2) is 0 Å². The molecule has 2 aromatic carbocycles. The van der Waals surface area contributed by atoms with Gasteiger partial charge >= 0.3 is 0 Å². The van der Waals surface area contributed by atoms with E-state index in [4.69, 9.17) is 11.6 Å². The van der Waals surface area contributed by atoms with E-state index >= 15 is 0 Å². The molecule has 0 fully saturated rings. The van der Waals surface area contributed by atoms with Gasteiger partial charge < -0.3 is 10.6 Å². The Morgan fingerprint density at radius 3 is 2.56 bits per heavy atom. The van der Waals surface area contributed by atoms with Crippen LogP contribution < -0.4 is 10.6 Å². The number of hydrogen-bond donors (Lipinski definition) is 2. The predicted octanol–water partition coefficient (Wildman–Crippen LogP) is 3.85. The summed E-state index contributed by atoms with van der Waals surface area (Å²) in [5, 5.41) is 6.22. The van der Waals surface area contributed by atoms with Crippen LogP contribution in [0.25, 0.3) is 0 Å². The van der Waals surface area contributed by atoms with E-state index in [2.05, 4.69) is 15.6 Å². The molecule has 2 amide bonds. The average Bonchev–Trinajstić information content (AvgIpc) is 2.67. The number of anilines is 1. The van der Waals surface area contributed by atoms with E-state index < -0.39 is 0 Å². The Morgan fingerprint density at radius 2 is 1.78 bits per heavy atom. The zero-order chi connectivity index (χ0) is 19.1. The number of carbonyl (C=O) groups is 2. The highest BCUT2D eigenvalue weighted by molar-refractivity contribution is 6.30. The molecule has 0 saturated carbocycles. The fourth-order valence-electron chi connectivity index (χ4n) is 2.60. The van der Waals surface area contributed by atoms with Crippen LogP contribution in [-0.4, -0.2) is 16.8 Å². The van der Waals surface area contributed by atoms with Crippen molar-refractivity contribution < 1.29 is 9.59 Å². The molecule has 3 aromatic rings. The van der Waals surface area contributed by atoms with E-state index in [0.29, 0.717) is 22.8 Å². The van der Waals surface area contributed by atoms with Crippen LogP contribution in [0.1, 0.15) is 21.5 Å². The zero-order valence-corrected chi connectivity index (χ0v) is 15.2. The first-order valence-corrected chi connectivity index (χ1v) is 8.80. The number of carbonyl (C=O) groups excluding carboxylic acids is 2. The highest BCUT2D eigenvalue weighted by atomic mass is 35.5. The molecular formula is C21H18ClN3O2. The monoisotopic (exact) mass is 379 g/mol. The lowest BCUT2D eigenvalue weighted by Crippen LogP contribution is -2.25. The van der Waals surface area contributed by atoms with E-state index in [9.17, 15) is 9.59 Å². The van der Waals surface area contributed by atoms with Crippen molar-refractivity contribution in [3.63, 3.8) is 0 Å². The number of nitrogens with zero attached hydrogens (tertiary/aromatic N) is 1. The summed E-state index contributed by atoms with van der Waals surface area (Å²) in [6.45, 7) is 0.359. The summed E-state index contributed by atoms with van der Waals surface area (Å²) in [7, 11) is 0. The summed E-state index contributed by atoms with van der Waals surface area (Å²) >= 11 is 5.95. The molecule has 0 aliphatic carbocycles. The molecule has 27 heavy (non-hydrogen) atoms. The van der Waals surface area contributed by atoms with Gasteiger partial charge in [-0.05, 0) is 41.5 Å². The topological polar surface area (TPSA) is 71.1 Å². The molecule has 3 rings (SSSR count). The van der Waals surface area contributed by atoms with E-state index in [1.807, 2.05) is 18.2 Å². The molecule has 6 heteroatoms. The van der Waals surface area contributed by atoms with Crippen LogP contribution in [0.4, 0.5) is 5.69 Å². The van der Waals surface area contributed by atoms with Gasteiger partial charge in [0.2, 0.25) is 5.91 Å². The number of para-hydroxylation sites is 1. The lowest BCUT2D eigenvalue weighted by molar-refractivity contribution is -0.115. The summed E-state index contributed by atoms with van der Waals surface area (Å²) < 4.78 is 0. The molecule has 0 unspecified atom stereocenters. The maximum Gasteiger partial charge on any atom is 0.253 e. The highest BCUT2D eigenvalue weighted by Crippen LogP contribution is 2.17. The molecule has 0 bridgehead atoms. The van der Waals surface area contributed by atoms with Gasteiger partial charge in [0.25, 0.3) is 5.91 Å². The minimum atomic E-state index is -0.266. The molecule has 136 valence electrons. The second-order valence-electron chi connectivity index (χ2n) is 5.94. The van der Waals surface area contributed by atoms with Crippen molar-refractivity contribution >= 4 is 29.1 Å². The Hall–Kier alpha value is -3.18. The molecule has 1 heterocycles. The Balaban J connectivity index is 1.66. The highest BCUT2D eigenvalue weighted by Gasteiger charge is 2.13. The number of benzene rings is 2. The largest absolute Gasteiger partial charge is 0.348 e. The number of nitrogens with one attached hydrogen (secondary N) is 2. The molecule has 0 saturated heterocycles. The van der Waals surface area contributed by atoms with Crippen molar-refractivity contribution in [1.29, 1.82) is 0 Å². The quantitative estimate of drug-likeness (QED) is 0.683. The molecule has 0 aliphatic rings. The van der Waals surface area contributed by atoms with Crippen LogP contribution in [0.3, 0.4) is 0 Å². The van der Waals surface area contributed by atoms with Gasteiger partial charge in [-0.3, -0.25) is 14.6 Å². The van der Waals surface area contributed by atoms with Crippen LogP contribution in [0, 0.1) is 0 Å². The second-order valence-corrected chi connectivity index (χ2v) is 6.38. The normalized spacial score (nSPS) is 10.3. The van der Waals surface area contributed by atoms with Gasteiger partial charge in [-0.25, -0.2) is 0 Å². The minimum absolute atomic E-state index is 0.173. The number of amides is 2. The zero-order valence-electron chi connectivity index (χ0n) is 14.5. The predicted molar refractivity (Wildman–Crippen MR) is 106 cm³/mol. The third kappa shape index (κ3) is 5.39. The standard InChI is InChI=1S/C21H18ClN3O2/c22-17-7-3-5-15(11-17)12-20(26)25-19-9-2-1-8-18(19)21(27)24-14-16-6-4-10-23-13-16/h1-11,13H,12,14H2,(H,24,27)(H,25,26). The molecule has 0 aliphatic heterocycles. The number of aromatic nitrogens is 1. The first-order chi connectivity index (χ1) is 13.1. The van der Waals surface area contributed by atoms with Gasteiger partial charge in [-0.2, -0.15) is 0 Å². The smallest absolute Gasteiger partial charge is 0.253 e. The average molecular weight is 380 g/mol. The molecule has 0 spiro atoms. The maximum absolute atomic E-state index is 12.5. The van der Waals surface area contributed by atoms with E-state index in [1.54, 1.807) is 54.9 Å². The third-order valence-electron chi connectivity index (χ3n) is 3.88. The van der Waals surface area contributed by atoms with Gasteiger partial charge in [-0.1, -0.05) is 41.9 Å². The summed E-state index contributed by atoms with van der Waals surface area (Å²) in [5.74, 6) is -0.484. The van der Waals surface area contributed by atoms with Crippen molar-refractivity contribution in [3.05, 3.63) is 94.8 Å². The minimum Gasteiger partial charge on any atom is -0.348 e. The Morgan fingerprint density at radius 1 is 0.963 bits per heavy atom. The molecule has 0 radical (unpaired) electrons. The van der Waals surface area contributed by atoms with Crippen molar-refractivity contribution in [2.75, 3.05) is 5.32 Å². The van der Waals surface area contributed by atoms with E-state index in [-0.39, 0.29) is 18.2 Å². The van der Waals surface area contributed by atoms with Crippen molar-refractivity contribution in [2.45, 2.75) is 13.0 Å². The SMILES string of the molecule is O=C(Cc1cccc(Cl)c1)Nc1ccccc1C(=O)NCc1cccnc1. The van der Waals surface area contributed by atoms with Crippen molar-refractivity contribution in [2.24, 2.45) is 0 Å². The van der Waals surface area contributed by atoms with Gasteiger partial charge in [0, 0.05) is 24.0 Å². The third-order valence-corrected chi connectivity index (χ3v) is 4.11. The van der Waals surface area contributed by atoms with Gasteiger partial charge in [-0.15, -0.1) is 0 Å². The maximum atomic E-state index is 12.5. The summed E-state index contributed by atoms with van der Waals surface area (Å²) in [6, 6.07) is 17.7. The number of hydrogen-bond acceptors (Lipinski definition) is 3. The van der Waals surface area contributed by atoms with Crippen LogP contribution in [-0.2, 0) is 17.8 Å². The molecule has 2 N–H and O–H groups in total. The first-order valence-electron chi connectivity index (χ1n) is 8.42. The molecular weight excluding hydrogens is 362 g/mol. The molecule has 0 atom stereocenters. The van der Waals surface area contributed by atoms with Crippen LogP contribution in [0.5, 0.6) is 0 Å². The fraction of sp³-hybridized carbons (Fsp3) is 0.0952. The van der Waals surface area contributed by atoms with Gasteiger partial charge in [0.1, 0.15) is 0 Å². The van der Waals surface area contributed by atoms with Crippen LogP contribution in [0.2, 0.25) is 5.02 Å². The van der Waals surface area contributed by atoms with Crippen LogP contribution in [0.15, 0.2) is 73.1 Å². The number of rotatable bonds is 6. The van der Waals surface area contributed by atoms with Crippen molar-refractivity contribution in [3.8, 4) is 0 Å². The van der Waals surface area contributed by atoms with E-state index in [0.717, 1.165) is 11.1 Å². The molecule has 1 aromatic heterocycles. The summed E-state index contributed by atoms with van der Waals surface area (Å²) in [6.07, 6.45) is 3.54. The van der Waals surface area contributed by atoms with Gasteiger partial charge in [0.05, 0.1) is 17.7 Å². The second kappa shape index (κ2) is 8.96. The Kier molecular flexibility index (Phi) is 6.18. The number of halogens is 1. The summed E-state index contributed by atoms with van der Waals surface area (Å²) in [4.78, 5) is 28.9. The van der Waals surface area contributed by atoms with Crippen LogP contribution >= 0.6 is 11.6 Å². The van der Waals surface area contributed by atoms with E-state index in [1.165, 1.54) is 0 Å². The summed E-state index contributed by atoms with van der Waals surface area (Å²) in [5.41, 5.74) is 2.57. The Labute approximate surface area is 162 Å². The Bertz CT molecular complexity index is 945. The first kappa shape index (κ1) is 18.6. The lowest BCUT2D eigenvalue weighted by atomic mass is 10.1. The number of pyridine rings is 1. The lowest BCUT2D eigenvalue weighted by Gasteiger charge is -2.11. The fourth-order valence-corrected chi connectivity index (χ4v) is 2.81. The van der Waals surface area contributed by atoms with Crippen molar-refractivity contribution in [1.82, 2.24) is 10.3 Å². The molecule has 5 nitrogen and oxygen atoms in total.